The molecule has 0 amide bonds. The molecule has 2 rings (SSSR count). The predicted molar refractivity (Wildman–Crippen MR) is 75.9 cm³/mol. The van der Waals surface area contributed by atoms with Gasteiger partial charge in [-0.05, 0) is 51.3 Å². The van der Waals surface area contributed by atoms with E-state index in [4.69, 9.17) is 10.2 Å². The van der Waals surface area contributed by atoms with Crippen LogP contribution in [-0.2, 0) is 6.42 Å². The Bertz CT molecular complexity index is 552. The largest absolute Gasteiger partial charge is 0.469 e. The van der Waals surface area contributed by atoms with Gasteiger partial charge in [0.05, 0.1) is 11.8 Å². The summed E-state index contributed by atoms with van der Waals surface area (Å²) in [6.45, 7) is 8.82. The summed E-state index contributed by atoms with van der Waals surface area (Å²) >= 11 is 0. The van der Waals surface area contributed by atoms with Gasteiger partial charge in [-0.25, -0.2) is 9.97 Å². The van der Waals surface area contributed by atoms with Gasteiger partial charge in [0.25, 0.3) is 0 Å². The molecule has 0 aromatic carbocycles. The normalized spacial score (nSPS) is 12.7. The van der Waals surface area contributed by atoms with Crippen LogP contribution < -0.4 is 5.73 Å². The van der Waals surface area contributed by atoms with Gasteiger partial charge in [0.15, 0.2) is 5.82 Å². The first-order valence-electron chi connectivity index (χ1n) is 6.61. The van der Waals surface area contributed by atoms with Crippen LogP contribution in [0.1, 0.15) is 29.6 Å². The quantitative estimate of drug-likeness (QED) is 0.917. The van der Waals surface area contributed by atoms with Crippen LogP contribution in [0.5, 0.6) is 0 Å². The third-order valence-electron chi connectivity index (χ3n) is 3.48. The second kappa shape index (κ2) is 5.53. The minimum Gasteiger partial charge on any atom is -0.469 e. The Hall–Kier alpha value is -1.68. The lowest BCUT2D eigenvalue weighted by molar-refractivity contribution is 0.535. The van der Waals surface area contributed by atoms with E-state index in [-0.39, 0.29) is 0 Å². The topological polar surface area (TPSA) is 64.9 Å². The molecule has 1 atom stereocenters. The highest BCUT2D eigenvalue weighted by atomic mass is 16.3. The smallest absolute Gasteiger partial charge is 0.163 e. The van der Waals surface area contributed by atoms with Crippen LogP contribution >= 0.6 is 0 Å². The summed E-state index contributed by atoms with van der Waals surface area (Å²) in [4.78, 5) is 9.23. The summed E-state index contributed by atoms with van der Waals surface area (Å²) in [6.07, 6.45) is 2.60. The van der Waals surface area contributed by atoms with Crippen LogP contribution in [0.4, 0.5) is 0 Å². The minimum absolute atomic E-state index is 0.447. The van der Waals surface area contributed by atoms with E-state index < -0.39 is 0 Å². The number of hydrogen-bond donors (Lipinski definition) is 1. The van der Waals surface area contributed by atoms with Gasteiger partial charge in [-0.2, -0.15) is 0 Å². The standard InChI is InChI=1S/C15H21N3O/c1-9(8-16)7-14-10(2)17-15(18-11(14)3)13-5-6-19-12(13)4/h5-6,9H,7-8,16H2,1-4H3. The van der Waals surface area contributed by atoms with E-state index in [1.807, 2.05) is 26.8 Å². The van der Waals surface area contributed by atoms with Crippen LogP contribution in [0.15, 0.2) is 16.7 Å². The zero-order chi connectivity index (χ0) is 14.0. The molecule has 0 saturated heterocycles. The van der Waals surface area contributed by atoms with Crippen LogP contribution in [-0.4, -0.2) is 16.5 Å². The molecule has 2 aromatic rings. The van der Waals surface area contributed by atoms with E-state index in [0.29, 0.717) is 12.5 Å². The molecule has 19 heavy (non-hydrogen) atoms. The van der Waals surface area contributed by atoms with Gasteiger partial charge in [0.1, 0.15) is 5.76 Å². The van der Waals surface area contributed by atoms with Crippen LogP contribution in [0.25, 0.3) is 11.4 Å². The first-order chi connectivity index (χ1) is 9.02. The van der Waals surface area contributed by atoms with Crippen molar-refractivity contribution in [3.8, 4) is 11.4 Å². The zero-order valence-corrected chi connectivity index (χ0v) is 12.0. The second-order valence-electron chi connectivity index (χ2n) is 5.13. The van der Waals surface area contributed by atoms with E-state index >= 15 is 0 Å². The van der Waals surface area contributed by atoms with Gasteiger partial charge in [-0.1, -0.05) is 6.92 Å². The molecule has 1 unspecified atom stereocenters. The van der Waals surface area contributed by atoms with Gasteiger partial charge in [-0.15, -0.1) is 0 Å². The van der Waals surface area contributed by atoms with Gasteiger partial charge in [-0.3, -0.25) is 0 Å². The summed E-state index contributed by atoms with van der Waals surface area (Å²) in [7, 11) is 0. The average Bonchev–Trinajstić information content (AvgIpc) is 2.79. The summed E-state index contributed by atoms with van der Waals surface area (Å²) in [5.74, 6) is 2.04. The Labute approximate surface area is 114 Å². The van der Waals surface area contributed by atoms with Crippen molar-refractivity contribution in [3.05, 3.63) is 35.0 Å². The number of hydrogen-bond acceptors (Lipinski definition) is 4. The monoisotopic (exact) mass is 259 g/mol. The molecular weight excluding hydrogens is 238 g/mol. The fourth-order valence-corrected chi connectivity index (χ4v) is 2.20. The molecule has 0 fully saturated rings. The van der Waals surface area contributed by atoms with E-state index in [1.54, 1.807) is 6.26 Å². The number of aryl methyl sites for hydroxylation is 3. The van der Waals surface area contributed by atoms with E-state index in [2.05, 4.69) is 16.9 Å². The molecule has 0 spiro atoms. The minimum atomic E-state index is 0.447. The van der Waals surface area contributed by atoms with Crippen molar-refractivity contribution >= 4 is 0 Å². The highest BCUT2D eigenvalue weighted by molar-refractivity contribution is 5.57. The van der Waals surface area contributed by atoms with Crippen molar-refractivity contribution < 1.29 is 4.42 Å². The fraction of sp³-hybridized carbons (Fsp3) is 0.467. The molecule has 4 heteroatoms. The van der Waals surface area contributed by atoms with Gasteiger partial charge >= 0.3 is 0 Å². The van der Waals surface area contributed by atoms with E-state index in [1.165, 1.54) is 5.56 Å². The highest BCUT2D eigenvalue weighted by Gasteiger charge is 2.14. The molecule has 4 nitrogen and oxygen atoms in total. The van der Waals surface area contributed by atoms with Crippen molar-refractivity contribution in [2.45, 2.75) is 34.1 Å². The van der Waals surface area contributed by atoms with Crippen molar-refractivity contribution in [2.24, 2.45) is 11.7 Å². The van der Waals surface area contributed by atoms with Gasteiger partial charge in [0.2, 0.25) is 0 Å². The number of furan rings is 1. The maximum atomic E-state index is 5.69. The van der Waals surface area contributed by atoms with Crippen molar-refractivity contribution in [2.75, 3.05) is 6.54 Å². The number of nitrogens with zero attached hydrogens (tertiary/aromatic N) is 2. The zero-order valence-electron chi connectivity index (χ0n) is 12.0. The number of nitrogens with two attached hydrogens (primary N) is 1. The Morgan fingerprint density at radius 3 is 2.32 bits per heavy atom. The molecule has 102 valence electrons. The third kappa shape index (κ3) is 2.84. The van der Waals surface area contributed by atoms with Crippen molar-refractivity contribution in [3.63, 3.8) is 0 Å². The molecule has 2 heterocycles. The SMILES string of the molecule is Cc1nc(-c2ccoc2C)nc(C)c1CC(C)CN. The number of rotatable bonds is 4. The van der Waals surface area contributed by atoms with Gasteiger partial charge in [0, 0.05) is 11.4 Å². The molecule has 0 radical (unpaired) electrons. The summed E-state index contributed by atoms with van der Waals surface area (Å²) < 4.78 is 5.31. The fourth-order valence-electron chi connectivity index (χ4n) is 2.20. The molecule has 0 aliphatic heterocycles. The van der Waals surface area contributed by atoms with Crippen LogP contribution in [0, 0.1) is 26.7 Å². The Morgan fingerprint density at radius 2 is 1.84 bits per heavy atom. The molecule has 0 aliphatic carbocycles. The molecule has 0 aliphatic rings. The van der Waals surface area contributed by atoms with Gasteiger partial charge < -0.3 is 10.2 Å². The number of aromatic nitrogens is 2. The maximum Gasteiger partial charge on any atom is 0.163 e. The molecule has 0 saturated carbocycles. The Balaban J connectivity index is 2.40. The lowest BCUT2D eigenvalue weighted by Gasteiger charge is -2.14. The Morgan fingerprint density at radius 1 is 1.21 bits per heavy atom. The molecule has 2 N–H and O–H groups in total. The van der Waals surface area contributed by atoms with Crippen LogP contribution in [0.2, 0.25) is 0 Å². The van der Waals surface area contributed by atoms with Crippen molar-refractivity contribution in [1.82, 2.24) is 9.97 Å². The van der Waals surface area contributed by atoms with E-state index in [0.717, 1.165) is 35.0 Å². The second-order valence-corrected chi connectivity index (χ2v) is 5.13. The molecular formula is C15H21N3O. The predicted octanol–water partition coefficient (Wildman–Crippen LogP) is 2.80. The maximum absolute atomic E-state index is 5.69. The van der Waals surface area contributed by atoms with Crippen molar-refractivity contribution in [1.29, 1.82) is 0 Å². The lowest BCUT2D eigenvalue weighted by Crippen LogP contribution is -2.15. The molecule has 0 bridgehead atoms. The first-order valence-corrected chi connectivity index (χ1v) is 6.61. The summed E-state index contributed by atoms with van der Waals surface area (Å²) in [6, 6.07) is 1.91. The Kier molecular flexibility index (Phi) is 4.00. The summed E-state index contributed by atoms with van der Waals surface area (Å²) in [5.41, 5.74) is 9.93. The highest BCUT2D eigenvalue weighted by Crippen LogP contribution is 2.24. The first kappa shape index (κ1) is 13.7. The average molecular weight is 259 g/mol. The molecule has 2 aromatic heterocycles. The van der Waals surface area contributed by atoms with Crippen LogP contribution in [0.3, 0.4) is 0 Å². The third-order valence-corrected chi connectivity index (χ3v) is 3.48. The van der Waals surface area contributed by atoms with E-state index in [9.17, 15) is 0 Å². The summed E-state index contributed by atoms with van der Waals surface area (Å²) in [5, 5.41) is 0. The lowest BCUT2D eigenvalue weighted by atomic mass is 9.99.